The Hall–Kier alpha value is -3.73. The van der Waals surface area contributed by atoms with Crippen LogP contribution in [0.3, 0.4) is 0 Å². The summed E-state index contributed by atoms with van der Waals surface area (Å²) in [6.07, 6.45) is -4.51. The molecule has 2 N–H and O–H groups in total. The molecule has 0 fully saturated rings. The van der Waals surface area contributed by atoms with E-state index in [4.69, 9.17) is 14.9 Å². The maximum Gasteiger partial charge on any atom is 0.416 e. The smallest absolute Gasteiger partial charge is 0.416 e. The average Bonchev–Trinajstić information content (AvgIpc) is 2.66. The van der Waals surface area contributed by atoms with Gasteiger partial charge in [-0.1, -0.05) is 24.3 Å². The van der Waals surface area contributed by atoms with Gasteiger partial charge in [0.2, 0.25) is 5.88 Å². The zero-order chi connectivity index (χ0) is 20.1. The van der Waals surface area contributed by atoms with E-state index in [1.165, 1.54) is 12.1 Å². The second kappa shape index (κ2) is 6.16. The van der Waals surface area contributed by atoms with Gasteiger partial charge in [0.05, 0.1) is 22.4 Å². The van der Waals surface area contributed by atoms with Crippen molar-refractivity contribution in [1.29, 1.82) is 5.26 Å². The van der Waals surface area contributed by atoms with Crippen LogP contribution in [0.2, 0.25) is 0 Å². The lowest BCUT2D eigenvalue weighted by molar-refractivity contribution is -0.137. The normalized spacial score (nSPS) is 16.4. The molecule has 0 radical (unpaired) electrons. The largest absolute Gasteiger partial charge is 0.439 e. The number of nitriles is 1. The van der Waals surface area contributed by atoms with Gasteiger partial charge in [0.25, 0.3) is 0 Å². The van der Waals surface area contributed by atoms with Gasteiger partial charge in [0, 0.05) is 0 Å². The summed E-state index contributed by atoms with van der Waals surface area (Å²) in [6, 6.07) is 12.7. The fourth-order valence-electron chi connectivity index (χ4n) is 3.26. The number of ether oxygens (including phenoxy) is 1. The minimum Gasteiger partial charge on any atom is -0.439 e. The van der Waals surface area contributed by atoms with E-state index < -0.39 is 23.3 Å². The van der Waals surface area contributed by atoms with Gasteiger partial charge in [0.1, 0.15) is 17.2 Å². The molecule has 2 aromatic carbocycles. The summed E-state index contributed by atoms with van der Waals surface area (Å²) in [5.41, 5.74) is 4.80. The Labute approximate surface area is 156 Å². The molecule has 0 aliphatic carbocycles. The number of rotatable bonds is 1. The topological polar surface area (TPSA) is 89.3 Å². The summed E-state index contributed by atoms with van der Waals surface area (Å²) in [4.78, 5) is 12.7. The lowest BCUT2D eigenvalue weighted by Gasteiger charge is -2.26. The van der Waals surface area contributed by atoms with Gasteiger partial charge in [0.15, 0.2) is 5.75 Å². The number of hydrogen-bond acceptors (Lipinski definition) is 5. The SMILES string of the molecule is N#CC1=C(N)Oc2c(c(=O)oc3ccccc23)C1c1ccc(C(F)(F)F)cc1. The van der Waals surface area contributed by atoms with Crippen LogP contribution in [0, 0.1) is 11.3 Å². The van der Waals surface area contributed by atoms with Gasteiger partial charge in [-0.3, -0.25) is 0 Å². The van der Waals surface area contributed by atoms with E-state index in [0.29, 0.717) is 10.9 Å². The van der Waals surface area contributed by atoms with Crippen molar-refractivity contribution in [2.45, 2.75) is 12.1 Å². The number of allylic oxidation sites excluding steroid dienone is 1. The Morgan fingerprint density at radius 2 is 1.75 bits per heavy atom. The van der Waals surface area contributed by atoms with Crippen LogP contribution in [0.25, 0.3) is 11.0 Å². The molecule has 5 nitrogen and oxygen atoms in total. The average molecular weight is 384 g/mol. The van der Waals surface area contributed by atoms with Crippen molar-refractivity contribution >= 4 is 11.0 Å². The Bertz CT molecular complexity index is 1220. The summed E-state index contributed by atoms with van der Waals surface area (Å²) in [5.74, 6) is -1.08. The second-order valence-corrected chi connectivity index (χ2v) is 6.17. The zero-order valence-corrected chi connectivity index (χ0v) is 14.1. The summed E-state index contributed by atoms with van der Waals surface area (Å²) >= 11 is 0. The molecule has 0 spiro atoms. The molecule has 1 atom stereocenters. The maximum atomic E-state index is 12.9. The molecule has 28 heavy (non-hydrogen) atoms. The van der Waals surface area contributed by atoms with Crippen molar-refractivity contribution in [3.05, 3.63) is 87.1 Å². The van der Waals surface area contributed by atoms with E-state index in [0.717, 1.165) is 12.1 Å². The van der Waals surface area contributed by atoms with Crippen molar-refractivity contribution in [3.8, 4) is 11.8 Å². The van der Waals surface area contributed by atoms with Gasteiger partial charge in [-0.15, -0.1) is 0 Å². The highest BCUT2D eigenvalue weighted by Crippen LogP contribution is 2.43. The highest BCUT2D eigenvalue weighted by atomic mass is 19.4. The van der Waals surface area contributed by atoms with Crippen LogP contribution >= 0.6 is 0 Å². The zero-order valence-electron chi connectivity index (χ0n) is 14.1. The number of benzene rings is 2. The first-order valence-electron chi connectivity index (χ1n) is 8.11. The fourth-order valence-corrected chi connectivity index (χ4v) is 3.26. The molecule has 2 heterocycles. The molecule has 1 aromatic heterocycles. The lowest BCUT2D eigenvalue weighted by Crippen LogP contribution is -2.26. The van der Waals surface area contributed by atoms with E-state index in [9.17, 15) is 23.2 Å². The number of halogens is 3. The molecule has 140 valence electrons. The van der Waals surface area contributed by atoms with Gasteiger partial charge in [-0.2, -0.15) is 18.4 Å². The summed E-state index contributed by atoms with van der Waals surface area (Å²) in [6.45, 7) is 0. The first-order valence-corrected chi connectivity index (χ1v) is 8.11. The standard InChI is InChI=1S/C20H11F3N2O3/c21-20(22,23)11-7-5-10(6-8-11)15-13(9-24)18(25)28-17-12-3-1-2-4-14(12)27-19(26)16(15)17/h1-8,15H,25H2. The third kappa shape index (κ3) is 2.68. The van der Waals surface area contributed by atoms with Gasteiger partial charge in [-0.25, -0.2) is 4.79 Å². The molecule has 0 saturated heterocycles. The fraction of sp³-hybridized carbons (Fsp3) is 0.100. The molecule has 8 heteroatoms. The predicted molar refractivity (Wildman–Crippen MR) is 93.2 cm³/mol. The second-order valence-electron chi connectivity index (χ2n) is 6.17. The van der Waals surface area contributed by atoms with Gasteiger partial charge < -0.3 is 14.9 Å². The number of para-hydroxylation sites is 1. The molecule has 0 bridgehead atoms. The maximum absolute atomic E-state index is 12.9. The molecule has 0 saturated carbocycles. The quantitative estimate of drug-likeness (QED) is 0.640. The van der Waals surface area contributed by atoms with Crippen LogP contribution in [0.5, 0.6) is 5.75 Å². The minimum absolute atomic E-state index is 0.0178. The molecule has 4 rings (SSSR count). The predicted octanol–water partition coefficient (Wildman–Crippen LogP) is 4.03. The highest BCUT2D eigenvalue weighted by molar-refractivity contribution is 5.86. The molecular weight excluding hydrogens is 373 g/mol. The van der Waals surface area contributed by atoms with E-state index in [2.05, 4.69) is 0 Å². The van der Waals surface area contributed by atoms with Crippen molar-refractivity contribution in [2.75, 3.05) is 0 Å². The number of fused-ring (bicyclic) bond motifs is 3. The molecule has 1 aliphatic rings. The van der Waals surface area contributed by atoms with E-state index >= 15 is 0 Å². The van der Waals surface area contributed by atoms with Crippen LogP contribution in [0.1, 0.15) is 22.6 Å². The van der Waals surface area contributed by atoms with Crippen LogP contribution in [-0.4, -0.2) is 0 Å². The summed E-state index contributed by atoms with van der Waals surface area (Å²) in [5, 5.41) is 9.99. The molecular formula is C20H11F3N2O3. The van der Waals surface area contributed by atoms with Crippen LogP contribution < -0.4 is 16.1 Å². The first kappa shape index (κ1) is 17.7. The van der Waals surface area contributed by atoms with Crippen molar-refractivity contribution < 1.29 is 22.3 Å². The third-order valence-corrected chi connectivity index (χ3v) is 4.55. The number of alkyl halides is 3. The van der Waals surface area contributed by atoms with Crippen molar-refractivity contribution in [1.82, 2.24) is 0 Å². The number of nitrogens with two attached hydrogens (primary N) is 1. The summed E-state index contributed by atoms with van der Waals surface area (Å²) < 4.78 is 49.5. The van der Waals surface area contributed by atoms with Crippen LogP contribution in [0.4, 0.5) is 13.2 Å². The summed E-state index contributed by atoms with van der Waals surface area (Å²) in [7, 11) is 0. The Kier molecular flexibility index (Phi) is 3.89. The Balaban J connectivity index is 1.98. The number of nitrogens with zero attached hydrogens (tertiary/aromatic N) is 1. The van der Waals surface area contributed by atoms with E-state index in [1.807, 2.05) is 6.07 Å². The molecule has 0 amide bonds. The first-order chi connectivity index (χ1) is 13.3. The number of hydrogen-bond donors (Lipinski definition) is 1. The van der Waals surface area contributed by atoms with E-state index in [1.54, 1.807) is 24.3 Å². The monoisotopic (exact) mass is 384 g/mol. The van der Waals surface area contributed by atoms with Crippen molar-refractivity contribution in [3.63, 3.8) is 0 Å². The van der Waals surface area contributed by atoms with E-state index in [-0.39, 0.29) is 28.4 Å². The lowest BCUT2D eigenvalue weighted by atomic mass is 9.83. The van der Waals surface area contributed by atoms with Crippen LogP contribution in [0.15, 0.2) is 69.2 Å². The third-order valence-electron chi connectivity index (χ3n) is 4.55. The van der Waals surface area contributed by atoms with Gasteiger partial charge in [-0.05, 0) is 29.8 Å². The minimum atomic E-state index is -4.51. The van der Waals surface area contributed by atoms with Gasteiger partial charge >= 0.3 is 11.8 Å². The van der Waals surface area contributed by atoms with Crippen molar-refractivity contribution in [2.24, 2.45) is 5.73 Å². The molecule has 1 aliphatic heterocycles. The molecule has 3 aromatic rings. The highest BCUT2D eigenvalue weighted by Gasteiger charge is 2.36. The Morgan fingerprint density at radius 3 is 2.39 bits per heavy atom. The Morgan fingerprint density at radius 1 is 1.07 bits per heavy atom. The molecule has 1 unspecified atom stereocenters. The van der Waals surface area contributed by atoms with Crippen LogP contribution in [-0.2, 0) is 6.18 Å².